The summed E-state index contributed by atoms with van der Waals surface area (Å²) >= 11 is 1.89. The van der Waals surface area contributed by atoms with E-state index in [1.54, 1.807) is 0 Å². The highest BCUT2D eigenvalue weighted by Crippen LogP contribution is 2.34. The highest BCUT2D eigenvalue weighted by molar-refractivity contribution is 14.1. The molecule has 0 aliphatic rings. The number of benzene rings is 2. The number of hydrogen-bond acceptors (Lipinski definition) is 5. The highest BCUT2D eigenvalue weighted by Gasteiger charge is 2.18. The third-order valence-electron chi connectivity index (χ3n) is 2.77. The molecule has 0 saturated heterocycles. The summed E-state index contributed by atoms with van der Waals surface area (Å²) in [6.07, 6.45) is 0.979. The Bertz CT molecular complexity index is 825. The van der Waals surface area contributed by atoms with E-state index in [1.807, 2.05) is 52.9 Å². The minimum absolute atomic E-state index is 0.116. The van der Waals surface area contributed by atoms with Crippen LogP contribution in [0, 0.1) is 13.7 Å². The standard InChI is InChI=1S/C14H13IN2O5S/c1-23(20,21)16-12-7-11(17(18)19)8-13(14(12)15)22-9-10-5-3-2-4-6-10/h2-8,16H,9H2,1H3. The first-order valence-electron chi connectivity index (χ1n) is 6.39. The molecule has 2 aromatic carbocycles. The van der Waals surface area contributed by atoms with Crippen molar-refractivity contribution >= 4 is 44.0 Å². The van der Waals surface area contributed by atoms with Gasteiger partial charge in [-0.1, -0.05) is 30.3 Å². The van der Waals surface area contributed by atoms with E-state index in [0.29, 0.717) is 3.57 Å². The van der Waals surface area contributed by atoms with Gasteiger partial charge in [0.05, 0.1) is 26.5 Å². The van der Waals surface area contributed by atoms with E-state index >= 15 is 0 Å². The molecule has 0 fully saturated rings. The van der Waals surface area contributed by atoms with Gasteiger partial charge in [0.25, 0.3) is 5.69 Å². The number of non-ortho nitro benzene ring substituents is 1. The monoisotopic (exact) mass is 448 g/mol. The molecule has 0 bridgehead atoms. The molecule has 0 amide bonds. The van der Waals surface area contributed by atoms with E-state index in [-0.39, 0.29) is 23.7 Å². The van der Waals surface area contributed by atoms with Gasteiger partial charge in [-0.25, -0.2) is 8.42 Å². The largest absolute Gasteiger partial charge is 0.487 e. The predicted molar refractivity (Wildman–Crippen MR) is 95.1 cm³/mol. The smallest absolute Gasteiger partial charge is 0.275 e. The SMILES string of the molecule is CS(=O)(=O)Nc1cc([N+](=O)[O-])cc(OCc2ccccc2)c1I. The van der Waals surface area contributed by atoms with E-state index in [4.69, 9.17) is 4.74 Å². The summed E-state index contributed by atoms with van der Waals surface area (Å²) in [7, 11) is -3.56. The summed E-state index contributed by atoms with van der Waals surface area (Å²) in [5.74, 6) is 0.245. The average Bonchev–Trinajstić information content (AvgIpc) is 2.47. The Hall–Kier alpha value is -1.88. The van der Waals surface area contributed by atoms with E-state index < -0.39 is 14.9 Å². The van der Waals surface area contributed by atoms with Crippen LogP contribution in [0.1, 0.15) is 5.56 Å². The number of halogens is 1. The molecule has 122 valence electrons. The summed E-state index contributed by atoms with van der Waals surface area (Å²) in [4.78, 5) is 10.4. The van der Waals surface area contributed by atoms with Crippen LogP contribution in [0.25, 0.3) is 0 Å². The molecule has 7 nitrogen and oxygen atoms in total. The van der Waals surface area contributed by atoms with E-state index in [1.165, 1.54) is 6.07 Å². The van der Waals surface area contributed by atoms with Crippen molar-refractivity contribution in [1.82, 2.24) is 0 Å². The van der Waals surface area contributed by atoms with Crippen molar-refractivity contribution in [2.75, 3.05) is 11.0 Å². The highest BCUT2D eigenvalue weighted by atomic mass is 127. The van der Waals surface area contributed by atoms with Crippen molar-refractivity contribution in [3.8, 4) is 5.75 Å². The van der Waals surface area contributed by atoms with E-state index in [0.717, 1.165) is 17.9 Å². The van der Waals surface area contributed by atoms with Crippen LogP contribution in [-0.2, 0) is 16.6 Å². The Balaban J connectivity index is 2.35. The van der Waals surface area contributed by atoms with Gasteiger partial charge in [0, 0.05) is 6.07 Å². The predicted octanol–water partition coefficient (Wildman–Crippen LogP) is 3.15. The maximum absolute atomic E-state index is 11.4. The minimum atomic E-state index is -3.56. The quantitative estimate of drug-likeness (QED) is 0.416. The van der Waals surface area contributed by atoms with Gasteiger partial charge >= 0.3 is 0 Å². The van der Waals surface area contributed by atoms with E-state index in [2.05, 4.69) is 4.72 Å². The number of anilines is 1. The lowest BCUT2D eigenvalue weighted by atomic mass is 10.2. The maximum Gasteiger partial charge on any atom is 0.275 e. The van der Waals surface area contributed by atoms with Crippen molar-refractivity contribution in [2.45, 2.75) is 6.61 Å². The van der Waals surface area contributed by atoms with Crippen LogP contribution >= 0.6 is 22.6 Å². The molecule has 0 heterocycles. The Kier molecular flexibility index (Phi) is 5.42. The fourth-order valence-corrected chi connectivity index (χ4v) is 3.15. The average molecular weight is 448 g/mol. The molecule has 0 unspecified atom stereocenters. The van der Waals surface area contributed by atoms with Crippen LogP contribution in [0.5, 0.6) is 5.75 Å². The van der Waals surface area contributed by atoms with Crippen LogP contribution in [0.2, 0.25) is 0 Å². The van der Waals surface area contributed by atoms with Gasteiger partial charge in [-0.3, -0.25) is 14.8 Å². The molecule has 0 aliphatic carbocycles. The molecular weight excluding hydrogens is 435 g/mol. The molecule has 2 rings (SSSR count). The number of nitro groups is 1. The van der Waals surface area contributed by atoms with Gasteiger partial charge < -0.3 is 4.74 Å². The first kappa shape index (κ1) is 17.5. The number of ether oxygens (including phenoxy) is 1. The maximum atomic E-state index is 11.4. The molecule has 2 aromatic rings. The third-order valence-corrected chi connectivity index (χ3v) is 4.47. The van der Waals surface area contributed by atoms with Crippen molar-refractivity contribution in [2.24, 2.45) is 0 Å². The van der Waals surface area contributed by atoms with Crippen molar-refractivity contribution in [1.29, 1.82) is 0 Å². The molecular formula is C14H13IN2O5S. The zero-order chi connectivity index (χ0) is 17.0. The molecule has 0 spiro atoms. The lowest BCUT2D eigenvalue weighted by Gasteiger charge is -2.12. The summed E-state index contributed by atoms with van der Waals surface area (Å²) in [6.45, 7) is 0.219. The molecule has 23 heavy (non-hydrogen) atoms. The fourth-order valence-electron chi connectivity index (χ4n) is 1.80. The number of hydrogen-bond donors (Lipinski definition) is 1. The van der Waals surface area contributed by atoms with Gasteiger partial charge in [-0.05, 0) is 28.2 Å². The molecule has 0 aliphatic heterocycles. The molecule has 0 aromatic heterocycles. The lowest BCUT2D eigenvalue weighted by Crippen LogP contribution is -2.11. The topological polar surface area (TPSA) is 98.5 Å². The second-order valence-electron chi connectivity index (χ2n) is 4.71. The van der Waals surface area contributed by atoms with Crippen LogP contribution in [0.4, 0.5) is 11.4 Å². The first-order valence-corrected chi connectivity index (χ1v) is 9.36. The Morgan fingerprint density at radius 1 is 1.26 bits per heavy atom. The van der Waals surface area contributed by atoms with Gasteiger partial charge in [0.2, 0.25) is 10.0 Å². The molecule has 0 atom stereocenters. The van der Waals surface area contributed by atoms with Gasteiger partial charge in [0.1, 0.15) is 12.4 Å². The van der Waals surface area contributed by atoms with Crippen molar-refractivity contribution in [3.05, 3.63) is 61.7 Å². The molecule has 0 saturated carbocycles. The molecule has 9 heteroatoms. The Labute approximate surface area is 147 Å². The van der Waals surface area contributed by atoms with Crippen LogP contribution < -0.4 is 9.46 Å². The zero-order valence-corrected chi connectivity index (χ0v) is 15.0. The summed E-state index contributed by atoms with van der Waals surface area (Å²) in [5.41, 5.74) is 0.761. The fraction of sp³-hybridized carbons (Fsp3) is 0.143. The van der Waals surface area contributed by atoms with Crippen molar-refractivity contribution in [3.63, 3.8) is 0 Å². The minimum Gasteiger partial charge on any atom is -0.487 e. The van der Waals surface area contributed by atoms with Gasteiger partial charge in [0.15, 0.2) is 0 Å². The number of rotatable bonds is 6. The first-order chi connectivity index (χ1) is 10.8. The summed E-state index contributed by atoms with van der Waals surface area (Å²) in [5, 5.41) is 11.0. The molecule has 0 radical (unpaired) electrons. The van der Waals surface area contributed by atoms with Crippen molar-refractivity contribution < 1.29 is 18.1 Å². The number of nitrogens with zero attached hydrogens (tertiary/aromatic N) is 1. The molecule has 1 N–H and O–H groups in total. The second kappa shape index (κ2) is 7.13. The van der Waals surface area contributed by atoms with Gasteiger partial charge in [-0.15, -0.1) is 0 Å². The van der Waals surface area contributed by atoms with Crippen LogP contribution in [-0.4, -0.2) is 19.6 Å². The van der Waals surface area contributed by atoms with Crippen LogP contribution in [0.3, 0.4) is 0 Å². The summed E-state index contributed by atoms with van der Waals surface area (Å²) < 4.78 is 31.1. The lowest BCUT2D eigenvalue weighted by molar-refractivity contribution is -0.384. The second-order valence-corrected chi connectivity index (χ2v) is 7.54. The Morgan fingerprint density at radius 3 is 2.48 bits per heavy atom. The zero-order valence-electron chi connectivity index (χ0n) is 12.0. The third kappa shape index (κ3) is 5.06. The Morgan fingerprint density at radius 2 is 1.91 bits per heavy atom. The van der Waals surface area contributed by atoms with E-state index in [9.17, 15) is 18.5 Å². The van der Waals surface area contributed by atoms with Crippen LogP contribution in [0.15, 0.2) is 42.5 Å². The number of nitrogens with one attached hydrogen (secondary N) is 1. The van der Waals surface area contributed by atoms with Gasteiger partial charge in [-0.2, -0.15) is 0 Å². The number of nitro benzene ring substituents is 1. The number of sulfonamides is 1. The normalized spacial score (nSPS) is 11.0. The summed E-state index contributed by atoms with van der Waals surface area (Å²) in [6, 6.07) is 11.7.